The van der Waals surface area contributed by atoms with E-state index in [1.54, 1.807) is 34.6 Å². The molecule has 0 amide bonds. The Morgan fingerprint density at radius 2 is 1.76 bits per heavy atom. The third-order valence-corrected chi connectivity index (χ3v) is 8.11. The van der Waals surface area contributed by atoms with Gasteiger partial charge in [0.05, 0.1) is 11.7 Å². The molecule has 0 N–H and O–H groups in total. The highest BCUT2D eigenvalue weighted by Crippen LogP contribution is 2.28. The molecular weight excluding hydrogens is 460 g/mol. The third kappa shape index (κ3) is 4.08. The van der Waals surface area contributed by atoms with E-state index in [1.165, 1.54) is 27.2 Å². The standard InChI is InChI=1S/C22H28N6O3S2/c1-6-7-9-27-19(29)15-13(2)14(3)33-18(15)24-21(27)32-11-8-10-28-20(30)16-17(23-12-25(16)4)26(5)22(28)31/h12H,6-11H2,1-5H3. The fourth-order valence-electron chi connectivity index (χ4n) is 3.91. The molecule has 0 fully saturated rings. The molecule has 0 unspecified atom stereocenters. The van der Waals surface area contributed by atoms with Crippen molar-refractivity contribution in [3.8, 4) is 0 Å². The smallest absolute Gasteiger partial charge is 0.328 e. The van der Waals surface area contributed by atoms with Gasteiger partial charge in [0.1, 0.15) is 4.83 Å². The number of unbranched alkanes of at least 4 members (excludes halogenated alkanes) is 1. The molecule has 0 aliphatic rings. The summed E-state index contributed by atoms with van der Waals surface area (Å²) in [6.07, 6.45) is 4.02. The molecular formula is C22H28N6O3S2. The molecule has 0 aliphatic heterocycles. The monoisotopic (exact) mass is 488 g/mol. The summed E-state index contributed by atoms with van der Waals surface area (Å²) in [5.41, 5.74) is 1.12. The molecule has 9 nitrogen and oxygen atoms in total. The Morgan fingerprint density at radius 3 is 2.48 bits per heavy atom. The number of fused-ring (bicyclic) bond motifs is 2. The average Bonchev–Trinajstić information content (AvgIpc) is 3.30. The van der Waals surface area contributed by atoms with Gasteiger partial charge in [0.25, 0.3) is 11.1 Å². The summed E-state index contributed by atoms with van der Waals surface area (Å²) in [5.74, 6) is 0.631. The van der Waals surface area contributed by atoms with Crippen molar-refractivity contribution in [2.45, 2.75) is 58.3 Å². The molecule has 0 radical (unpaired) electrons. The lowest BCUT2D eigenvalue weighted by molar-refractivity contribution is 0.557. The van der Waals surface area contributed by atoms with E-state index in [-0.39, 0.29) is 23.4 Å². The Balaban J connectivity index is 1.59. The van der Waals surface area contributed by atoms with Crippen molar-refractivity contribution in [1.82, 2.24) is 28.2 Å². The van der Waals surface area contributed by atoms with Crippen molar-refractivity contribution in [3.05, 3.63) is 48.0 Å². The predicted octanol–water partition coefficient (Wildman–Crippen LogP) is 2.80. The number of nitrogens with zero attached hydrogens (tertiary/aromatic N) is 6. The van der Waals surface area contributed by atoms with Gasteiger partial charge in [-0.2, -0.15) is 0 Å². The number of aromatic nitrogens is 6. The Labute approximate surface area is 198 Å². The molecule has 4 rings (SSSR count). The Kier molecular flexibility index (Phi) is 6.62. The van der Waals surface area contributed by atoms with Gasteiger partial charge in [-0.15, -0.1) is 11.3 Å². The van der Waals surface area contributed by atoms with Crippen LogP contribution in [0.1, 0.15) is 36.6 Å². The Hall–Kier alpha value is -2.66. The van der Waals surface area contributed by atoms with Crippen LogP contribution >= 0.6 is 23.1 Å². The molecule has 33 heavy (non-hydrogen) atoms. The van der Waals surface area contributed by atoms with Gasteiger partial charge in [0.15, 0.2) is 16.3 Å². The fourth-order valence-corrected chi connectivity index (χ4v) is 5.93. The maximum atomic E-state index is 13.2. The summed E-state index contributed by atoms with van der Waals surface area (Å²) in [4.78, 5) is 49.6. The van der Waals surface area contributed by atoms with Gasteiger partial charge >= 0.3 is 5.69 Å². The molecule has 0 bridgehead atoms. The number of aryl methyl sites for hydroxylation is 4. The van der Waals surface area contributed by atoms with Gasteiger partial charge in [0, 0.05) is 37.8 Å². The molecule has 0 spiro atoms. The van der Waals surface area contributed by atoms with E-state index in [4.69, 9.17) is 4.98 Å². The number of hydrogen-bond donors (Lipinski definition) is 0. The van der Waals surface area contributed by atoms with Crippen molar-refractivity contribution >= 4 is 44.5 Å². The molecule has 11 heteroatoms. The molecule has 4 aromatic rings. The van der Waals surface area contributed by atoms with E-state index >= 15 is 0 Å². The zero-order valence-electron chi connectivity index (χ0n) is 19.5. The van der Waals surface area contributed by atoms with Crippen molar-refractivity contribution < 1.29 is 0 Å². The highest BCUT2D eigenvalue weighted by Gasteiger charge is 2.17. The summed E-state index contributed by atoms with van der Waals surface area (Å²) >= 11 is 3.05. The molecule has 176 valence electrons. The van der Waals surface area contributed by atoms with Gasteiger partial charge in [0.2, 0.25) is 0 Å². The van der Waals surface area contributed by atoms with E-state index in [2.05, 4.69) is 11.9 Å². The minimum Gasteiger partial charge on any atom is -0.328 e. The van der Waals surface area contributed by atoms with Gasteiger partial charge in [-0.3, -0.25) is 23.3 Å². The van der Waals surface area contributed by atoms with E-state index in [0.717, 1.165) is 33.5 Å². The van der Waals surface area contributed by atoms with Crippen LogP contribution < -0.4 is 16.8 Å². The fraction of sp³-hybridized carbons (Fsp3) is 0.500. The topological polar surface area (TPSA) is 96.7 Å². The lowest BCUT2D eigenvalue weighted by Crippen LogP contribution is -2.39. The van der Waals surface area contributed by atoms with E-state index in [9.17, 15) is 14.4 Å². The second-order valence-electron chi connectivity index (χ2n) is 8.20. The number of thioether (sulfide) groups is 1. The summed E-state index contributed by atoms with van der Waals surface area (Å²) in [7, 11) is 3.37. The zero-order valence-corrected chi connectivity index (χ0v) is 21.2. The maximum Gasteiger partial charge on any atom is 0.332 e. The largest absolute Gasteiger partial charge is 0.332 e. The highest BCUT2D eigenvalue weighted by atomic mass is 32.2. The molecule has 4 aromatic heterocycles. The second kappa shape index (κ2) is 9.30. The summed E-state index contributed by atoms with van der Waals surface area (Å²) in [6.45, 7) is 7.01. The van der Waals surface area contributed by atoms with Crippen molar-refractivity contribution in [1.29, 1.82) is 0 Å². The predicted molar refractivity (Wildman–Crippen MR) is 134 cm³/mol. The number of rotatable bonds is 8. The van der Waals surface area contributed by atoms with Crippen LogP contribution in [0, 0.1) is 13.8 Å². The van der Waals surface area contributed by atoms with Crippen molar-refractivity contribution in [3.63, 3.8) is 0 Å². The van der Waals surface area contributed by atoms with Gasteiger partial charge < -0.3 is 4.57 Å². The van der Waals surface area contributed by atoms with Gasteiger partial charge in [-0.25, -0.2) is 14.8 Å². The van der Waals surface area contributed by atoms with Crippen LogP contribution in [0.4, 0.5) is 0 Å². The first-order valence-corrected chi connectivity index (χ1v) is 12.8. The van der Waals surface area contributed by atoms with E-state index < -0.39 is 0 Å². The number of hydrogen-bond acceptors (Lipinski definition) is 7. The number of thiophene rings is 1. The van der Waals surface area contributed by atoms with Crippen LogP contribution in [0.15, 0.2) is 25.9 Å². The Morgan fingerprint density at radius 1 is 1.03 bits per heavy atom. The molecule has 0 aliphatic carbocycles. The van der Waals surface area contributed by atoms with Crippen LogP contribution in [0.25, 0.3) is 21.4 Å². The molecule has 0 atom stereocenters. The average molecular weight is 489 g/mol. The van der Waals surface area contributed by atoms with Gasteiger partial charge in [-0.05, 0) is 32.3 Å². The van der Waals surface area contributed by atoms with Crippen molar-refractivity contribution in [2.24, 2.45) is 14.1 Å². The summed E-state index contributed by atoms with van der Waals surface area (Å²) in [6, 6.07) is 0. The molecule has 0 saturated carbocycles. The van der Waals surface area contributed by atoms with Crippen LogP contribution in [0.2, 0.25) is 0 Å². The van der Waals surface area contributed by atoms with Crippen LogP contribution in [-0.2, 0) is 27.2 Å². The second-order valence-corrected chi connectivity index (χ2v) is 10.5. The Bertz CT molecular complexity index is 1520. The molecule has 0 saturated heterocycles. The van der Waals surface area contributed by atoms with Crippen LogP contribution in [-0.4, -0.2) is 34.0 Å². The highest BCUT2D eigenvalue weighted by molar-refractivity contribution is 7.99. The first kappa shape index (κ1) is 23.5. The van der Waals surface area contributed by atoms with E-state index in [0.29, 0.717) is 35.0 Å². The minimum atomic E-state index is -0.375. The molecule has 4 heterocycles. The SMILES string of the molecule is CCCCn1c(SCCCn2c(=O)c3c(ncn3C)n(C)c2=O)nc2sc(C)c(C)c2c1=O. The first-order valence-electron chi connectivity index (χ1n) is 11.0. The van der Waals surface area contributed by atoms with E-state index in [1.807, 2.05) is 13.8 Å². The summed E-state index contributed by atoms with van der Waals surface area (Å²) in [5, 5.41) is 1.42. The quantitative estimate of drug-likeness (QED) is 0.215. The molecule has 0 aromatic carbocycles. The summed E-state index contributed by atoms with van der Waals surface area (Å²) < 4.78 is 6.09. The third-order valence-electron chi connectivity index (χ3n) is 5.95. The maximum absolute atomic E-state index is 13.2. The lowest BCUT2D eigenvalue weighted by Gasteiger charge is -2.12. The number of imidazole rings is 1. The van der Waals surface area contributed by atoms with Crippen molar-refractivity contribution in [2.75, 3.05) is 5.75 Å². The first-order chi connectivity index (χ1) is 15.8. The minimum absolute atomic E-state index is 0.0181. The van der Waals surface area contributed by atoms with Gasteiger partial charge in [-0.1, -0.05) is 25.1 Å². The zero-order chi connectivity index (χ0) is 23.9. The lowest BCUT2D eigenvalue weighted by atomic mass is 10.2. The van der Waals surface area contributed by atoms with Crippen LogP contribution in [0.3, 0.4) is 0 Å². The van der Waals surface area contributed by atoms with Crippen LogP contribution in [0.5, 0.6) is 0 Å². The normalized spacial score (nSPS) is 11.8.